The first-order chi connectivity index (χ1) is 10.3. The summed E-state index contributed by atoms with van der Waals surface area (Å²) in [6.45, 7) is 0.915. The zero-order valence-electron chi connectivity index (χ0n) is 12.1. The molecular weight excluding hydrogens is 264 g/mol. The number of hydrogen-bond acceptors (Lipinski definition) is 3. The first kappa shape index (κ1) is 14.9. The fourth-order valence-corrected chi connectivity index (χ4v) is 2.01. The quantitative estimate of drug-likeness (QED) is 0.791. The minimum atomic E-state index is -0.460. The van der Waals surface area contributed by atoms with E-state index in [2.05, 4.69) is 39.6 Å². The van der Waals surface area contributed by atoms with Crippen LogP contribution in [0, 0.1) is 0 Å². The Morgan fingerprint density at radius 1 is 1.00 bits per heavy atom. The normalized spacial score (nSPS) is 9.95. The van der Waals surface area contributed by atoms with Crippen LogP contribution < -0.4 is 10.6 Å². The average Bonchev–Trinajstić information content (AvgIpc) is 2.54. The van der Waals surface area contributed by atoms with Crippen molar-refractivity contribution in [2.24, 2.45) is 0 Å². The van der Waals surface area contributed by atoms with E-state index in [-0.39, 0.29) is 0 Å². The molecule has 0 saturated carbocycles. The third-order valence-corrected chi connectivity index (χ3v) is 3.13. The van der Waals surface area contributed by atoms with Gasteiger partial charge < -0.3 is 10.1 Å². The minimum Gasteiger partial charge on any atom is -0.453 e. The molecule has 4 nitrogen and oxygen atoms in total. The van der Waals surface area contributed by atoms with E-state index in [0.29, 0.717) is 0 Å². The summed E-state index contributed by atoms with van der Waals surface area (Å²) in [6, 6.07) is 18.0. The summed E-state index contributed by atoms with van der Waals surface area (Å²) in [4.78, 5) is 11.1. The molecular formula is C17H20N2O2. The van der Waals surface area contributed by atoms with Gasteiger partial charge in [0.25, 0.3) is 0 Å². The molecule has 0 bridgehead atoms. The van der Waals surface area contributed by atoms with Gasteiger partial charge in [-0.25, -0.2) is 4.79 Å². The summed E-state index contributed by atoms with van der Waals surface area (Å²) >= 11 is 0. The Balaban J connectivity index is 1.72. The van der Waals surface area contributed by atoms with Gasteiger partial charge in [-0.2, -0.15) is 0 Å². The van der Waals surface area contributed by atoms with E-state index in [9.17, 15) is 4.79 Å². The SMILES string of the molecule is COC(=O)Nc1ccc(NCCCc2ccccc2)cc1. The first-order valence-electron chi connectivity index (χ1n) is 7.01. The van der Waals surface area contributed by atoms with Gasteiger partial charge in [0, 0.05) is 17.9 Å². The Hall–Kier alpha value is -2.49. The first-order valence-corrected chi connectivity index (χ1v) is 7.01. The lowest BCUT2D eigenvalue weighted by Gasteiger charge is -2.08. The van der Waals surface area contributed by atoms with E-state index >= 15 is 0 Å². The number of aryl methyl sites for hydroxylation is 1. The second-order valence-electron chi connectivity index (χ2n) is 4.71. The third-order valence-electron chi connectivity index (χ3n) is 3.13. The molecule has 0 aliphatic rings. The van der Waals surface area contributed by atoms with Gasteiger partial charge in [0.05, 0.1) is 7.11 Å². The summed E-state index contributed by atoms with van der Waals surface area (Å²) < 4.78 is 4.54. The zero-order chi connectivity index (χ0) is 14.9. The van der Waals surface area contributed by atoms with E-state index < -0.39 is 6.09 Å². The van der Waals surface area contributed by atoms with E-state index in [1.165, 1.54) is 12.7 Å². The molecule has 2 aromatic carbocycles. The molecule has 2 aromatic rings. The Labute approximate surface area is 125 Å². The molecule has 0 radical (unpaired) electrons. The van der Waals surface area contributed by atoms with Crippen molar-refractivity contribution in [3.63, 3.8) is 0 Å². The number of rotatable bonds is 6. The highest BCUT2D eigenvalue weighted by molar-refractivity contribution is 5.84. The van der Waals surface area contributed by atoms with Crippen molar-refractivity contribution in [1.29, 1.82) is 0 Å². The van der Waals surface area contributed by atoms with Crippen LogP contribution in [0.4, 0.5) is 16.2 Å². The smallest absolute Gasteiger partial charge is 0.411 e. The Kier molecular flexibility index (Phi) is 5.64. The number of nitrogens with one attached hydrogen (secondary N) is 2. The number of carbonyl (C=O) groups is 1. The monoisotopic (exact) mass is 284 g/mol. The van der Waals surface area contributed by atoms with Crippen LogP contribution in [0.3, 0.4) is 0 Å². The molecule has 2 N–H and O–H groups in total. The van der Waals surface area contributed by atoms with Crippen molar-refractivity contribution in [2.45, 2.75) is 12.8 Å². The van der Waals surface area contributed by atoms with Gasteiger partial charge in [0.1, 0.15) is 0 Å². The summed E-state index contributed by atoms with van der Waals surface area (Å²) in [5.41, 5.74) is 3.12. The highest BCUT2D eigenvalue weighted by atomic mass is 16.5. The molecule has 0 aliphatic heterocycles. The van der Waals surface area contributed by atoms with Crippen LogP contribution in [-0.4, -0.2) is 19.7 Å². The van der Waals surface area contributed by atoms with E-state index in [0.717, 1.165) is 30.8 Å². The minimum absolute atomic E-state index is 0.460. The van der Waals surface area contributed by atoms with E-state index in [1.54, 1.807) is 0 Å². The van der Waals surface area contributed by atoms with Crippen LogP contribution in [0.5, 0.6) is 0 Å². The number of methoxy groups -OCH3 is 1. The van der Waals surface area contributed by atoms with Crippen LogP contribution in [-0.2, 0) is 11.2 Å². The van der Waals surface area contributed by atoms with Crippen molar-refractivity contribution >= 4 is 17.5 Å². The van der Waals surface area contributed by atoms with Gasteiger partial charge in [-0.05, 0) is 42.7 Å². The van der Waals surface area contributed by atoms with Gasteiger partial charge in [-0.1, -0.05) is 30.3 Å². The summed E-state index contributed by atoms with van der Waals surface area (Å²) in [7, 11) is 1.35. The maximum atomic E-state index is 11.1. The zero-order valence-corrected chi connectivity index (χ0v) is 12.1. The summed E-state index contributed by atoms with van der Waals surface area (Å²) in [5, 5.41) is 5.98. The number of ether oxygens (including phenoxy) is 1. The van der Waals surface area contributed by atoms with Crippen LogP contribution in [0.15, 0.2) is 54.6 Å². The molecule has 21 heavy (non-hydrogen) atoms. The predicted octanol–water partition coefficient (Wildman–Crippen LogP) is 3.91. The van der Waals surface area contributed by atoms with Crippen molar-refractivity contribution in [1.82, 2.24) is 0 Å². The topological polar surface area (TPSA) is 50.4 Å². The fourth-order valence-electron chi connectivity index (χ4n) is 2.01. The fraction of sp³-hybridized carbons (Fsp3) is 0.235. The van der Waals surface area contributed by atoms with Crippen molar-refractivity contribution in [2.75, 3.05) is 24.3 Å². The van der Waals surface area contributed by atoms with Crippen molar-refractivity contribution < 1.29 is 9.53 Å². The maximum Gasteiger partial charge on any atom is 0.411 e. The molecule has 0 heterocycles. The summed E-state index contributed by atoms with van der Waals surface area (Å²) in [5.74, 6) is 0. The molecule has 0 unspecified atom stereocenters. The largest absolute Gasteiger partial charge is 0.453 e. The van der Waals surface area contributed by atoms with Crippen molar-refractivity contribution in [3.05, 3.63) is 60.2 Å². The Bertz CT molecular complexity index is 553. The lowest BCUT2D eigenvalue weighted by molar-refractivity contribution is 0.187. The lowest BCUT2D eigenvalue weighted by atomic mass is 10.1. The lowest BCUT2D eigenvalue weighted by Crippen LogP contribution is -2.10. The van der Waals surface area contributed by atoms with E-state index in [1.807, 2.05) is 30.3 Å². The van der Waals surface area contributed by atoms with Crippen LogP contribution in [0.2, 0.25) is 0 Å². The molecule has 0 spiro atoms. The molecule has 0 aliphatic carbocycles. The predicted molar refractivity (Wildman–Crippen MR) is 85.7 cm³/mol. The Morgan fingerprint density at radius 2 is 1.67 bits per heavy atom. The van der Waals surface area contributed by atoms with Gasteiger partial charge in [0.2, 0.25) is 0 Å². The maximum absolute atomic E-state index is 11.1. The van der Waals surface area contributed by atoms with Crippen LogP contribution in [0.25, 0.3) is 0 Å². The molecule has 1 amide bonds. The molecule has 110 valence electrons. The van der Waals surface area contributed by atoms with Gasteiger partial charge in [-0.15, -0.1) is 0 Å². The number of carbonyl (C=O) groups excluding carboxylic acids is 1. The average molecular weight is 284 g/mol. The molecule has 0 fully saturated rings. The number of benzene rings is 2. The summed E-state index contributed by atoms with van der Waals surface area (Å²) in [6.07, 6.45) is 1.68. The standard InChI is InChI=1S/C17H20N2O2/c1-21-17(20)19-16-11-9-15(10-12-16)18-13-5-8-14-6-3-2-4-7-14/h2-4,6-7,9-12,18H,5,8,13H2,1H3,(H,19,20). The highest BCUT2D eigenvalue weighted by Gasteiger charge is 2.00. The van der Waals surface area contributed by atoms with Gasteiger partial charge >= 0.3 is 6.09 Å². The van der Waals surface area contributed by atoms with Crippen molar-refractivity contribution in [3.8, 4) is 0 Å². The molecule has 2 rings (SSSR count). The molecule has 4 heteroatoms. The third kappa shape index (κ3) is 5.18. The molecule has 0 aromatic heterocycles. The second kappa shape index (κ2) is 7.94. The van der Waals surface area contributed by atoms with Crippen LogP contribution >= 0.6 is 0 Å². The number of anilines is 2. The number of hydrogen-bond donors (Lipinski definition) is 2. The van der Waals surface area contributed by atoms with Gasteiger partial charge in [-0.3, -0.25) is 5.32 Å². The Morgan fingerprint density at radius 3 is 2.33 bits per heavy atom. The number of amides is 1. The molecule has 0 saturated heterocycles. The highest BCUT2D eigenvalue weighted by Crippen LogP contribution is 2.14. The second-order valence-corrected chi connectivity index (χ2v) is 4.71. The van der Waals surface area contributed by atoms with E-state index in [4.69, 9.17) is 0 Å². The van der Waals surface area contributed by atoms with Gasteiger partial charge in [0.15, 0.2) is 0 Å². The molecule has 0 atom stereocenters. The van der Waals surface area contributed by atoms with Crippen LogP contribution in [0.1, 0.15) is 12.0 Å².